The molecule has 0 aliphatic heterocycles. The molecule has 0 spiro atoms. The summed E-state index contributed by atoms with van der Waals surface area (Å²) in [6, 6.07) is 0. The van der Waals surface area contributed by atoms with Gasteiger partial charge < -0.3 is 14.2 Å². The number of hydrogen-bond donors (Lipinski definition) is 0. The van der Waals surface area contributed by atoms with Gasteiger partial charge in [-0.25, -0.2) is 0 Å². The van der Waals surface area contributed by atoms with Gasteiger partial charge in [0.1, 0.15) is 13.2 Å². The van der Waals surface area contributed by atoms with Crippen molar-refractivity contribution < 1.29 is 28.6 Å². The largest absolute Gasteiger partial charge is 0.462 e. The molecular weight excluding hydrogens is 805 g/mol. The maximum absolute atomic E-state index is 12.8. The molecule has 0 heterocycles. The fraction of sp³-hybridized carbons (Fsp3) is 0.712. The van der Waals surface area contributed by atoms with Crippen molar-refractivity contribution in [2.75, 3.05) is 13.2 Å². The molecule has 0 aromatic carbocycles. The molecule has 0 rings (SSSR count). The monoisotopic (exact) mass is 905 g/mol. The van der Waals surface area contributed by atoms with E-state index in [4.69, 9.17) is 14.2 Å². The van der Waals surface area contributed by atoms with Crippen molar-refractivity contribution >= 4 is 17.9 Å². The van der Waals surface area contributed by atoms with Crippen LogP contribution in [0.1, 0.15) is 252 Å². The zero-order valence-corrected chi connectivity index (χ0v) is 42.5. The van der Waals surface area contributed by atoms with Gasteiger partial charge in [-0.1, -0.05) is 202 Å². The Morgan fingerprint density at radius 3 is 0.985 bits per heavy atom. The van der Waals surface area contributed by atoms with Crippen molar-refractivity contribution in [3.63, 3.8) is 0 Å². The van der Waals surface area contributed by atoms with E-state index in [2.05, 4.69) is 106 Å². The summed E-state index contributed by atoms with van der Waals surface area (Å²) in [4.78, 5) is 38.0. The molecule has 0 aromatic heterocycles. The van der Waals surface area contributed by atoms with Crippen LogP contribution in [0.15, 0.2) is 85.1 Å². The number of hydrogen-bond acceptors (Lipinski definition) is 6. The lowest BCUT2D eigenvalue weighted by Crippen LogP contribution is -2.30. The molecule has 65 heavy (non-hydrogen) atoms. The number of rotatable bonds is 48. The van der Waals surface area contributed by atoms with Crippen LogP contribution in [-0.4, -0.2) is 37.2 Å². The van der Waals surface area contributed by atoms with E-state index in [9.17, 15) is 14.4 Å². The van der Waals surface area contributed by atoms with Crippen molar-refractivity contribution in [2.45, 2.75) is 258 Å². The van der Waals surface area contributed by atoms with E-state index in [1.807, 2.05) is 0 Å². The summed E-state index contributed by atoms with van der Waals surface area (Å²) in [7, 11) is 0. The molecule has 0 saturated carbocycles. The Labute approximate surface area is 401 Å². The number of ether oxygens (including phenoxy) is 3. The number of esters is 3. The fourth-order valence-corrected chi connectivity index (χ4v) is 7.28. The molecular formula is C59H100O6. The van der Waals surface area contributed by atoms with Crippen LogP contribution in [0.5, 0.6) is 0 Å². The highest BCUT2D eigenvalue weighted by Crippen LogP contribution is 2.13. The van der Waals surface area contributed by atoms with Crippen LogP contribution in [0.2, 0.25) is 0 Å². The molecule has 0 radical (unpaired) electrons. The summed E-state index contributed by atoms with van der Waals surface area (Å²) in [5.41, 5.74) is 0. The Bertz CT molecular complexity index is 1270. The molecule has 1 unspecified atom stereocenters. The molecule has 372 valence electrons. The summed E-state index contributed by atoms with van der Waals surface area (Å²) < 4.78 is 16.8. The predicted octanol–water partition coefficient (Wildman–Crippen LogP) is 18.0. The first-order chi connectivity index (χ1) is 32.0. The average Bonchev–Trinajstić information content (AvgIpc) is 3.30. The fourth-order valence-electron chi connectivity index (χ4n) is 7.28. The Hall–Kier alpha value is -3.41. The molecule has 0 bridgehead atoms. The lowest BCUT2D eigenvalue weighted by atomic mass is 10.1. The van der Waals surface area contributed by atoms with Gasteiger partial charge >= 0.3 is 17.9 Å². The molecule has 0 aromatic rings. The van der Waals surface area contributed by atoms with Gasteiger partial charge in [-0.3, -0.25) is 14.4 Å². The predicted molar refractivity (Wildman–Crippen MR) is 279 cm³/mol. The second-order valence-electron chi connectivity index (χ2n) is 17.7. The average molecular weight is 905 g/mol. The summed E-state index contributed by atoms with van der Waals surface area (Å²) >= 11 is 0. The molecule has 0 aliphatic carbocycles. The zero-order valence-electron chi connectivity index (χ0n) is 42.5. The molecule has 0 N–H and O–H groups in total. The standard InChI is InChI=1S/C59H100O6/c1-4-7-10-13-16-19-22-25-26-27-28-29-30-31-32-35-37-40-43-46-49-52-58(61)64-55-56(65-59(62)53-50-47-44-41-38-34-24-21-18-15-12-9-6-3)54-63-57(60)51-48-45-42-39-36-33-23-20-17-14-11-8-5-2/h9,12,18,20-23,25,27-28,30-31,34,38,56H,4-8,10-11,13-17,19,24,26,29,32-33,35-37,39-55H2,1-3H3/b12-9-,21-18-,23-20-,25-22-,28-27-,31-30-,38-34-. The number of unbranched alkanes of at least 4 members (excludes halogenated alkanes) is 23. The molecule has 6 nitrogen and oxygen atoms in total. The van der Waals surface area contributed by atoms with Gasteiger partial charge in [0, 0.05) is 19.3 Å². The maximum atomic E-state index is 12.8. The maximum Gasteiger partial charge on any atom is 0.306 e. The van der Waals surface area contributed by atoms with Crippen molar-refractivity contribution in [3.8, 4) is 0 Å². The van der Waals surface area contributed by atoms with Gasteiger partial charge in [-0.2, -0.15) is 0 Å². The van der Waals surface area contributed by atoms with Gasteiger partial charge in [0.15, 0.2) is 6.10 Å². The number of allylic oxidation sites excluding steroid dienone is 14. The first kappa shape index (κ1) is 61.6. The molecule has 0 aliphatic rings. The summed E-state index contributed by atoms with van der Waals surface area (Å²) in [5.74, 6) is -0.948. The quantitative estimate of drug-likeness (QED) is 0.0262. The number of carbonyl (C=O) groups excluding carboxylic acids is 3. The van der Waals surface area contributed by atoms with Crippen molar-refractivity contribution in [1.29, 1.82) is 0 Å². The minimum absolute atomic E-state index is 0.0976. The second-order valence-corrected chi connectivity index (χ2v) is 17.7. The van der Waals surface area contributed by atoms with E-state index in [0.29, 0.717) is 12.8 Å². The first-order valence-corrected chi connectivity index (χ1v) is 27.1. The van der Waals surface area contributed by atoms with Gasteiger partial charge in [0.2, 0.25) is 0 Å². The molecule has 6 heteroatoms. The van der Waals surface area contributed by atoms with Gasteiger partial charge in [-0.15, -0.1) is 0 Å². The van der Waals surface area contributed by atoms with E-state index < -0.39 is 6.10 Å². The van der Waals surface area contributed by atoms with Gasteiger partial charge in [0.25, 0.3) is 0 Å². The molecule has 0 amide bonds. The van der Waals surface area contributed by atoms with E-state index in [0.717, 1.165) is 109 Å². The minimum Gasteiger partial charge on any atom is -0.462 e. The third kappa shape index (κ3) is 51.4. The highest BCUT2D eigenvalue weighted by atomic mass is 16.6. The van der Waals surface area contributed by atoms with Crippen molar-refractivity contribution in [1.82, 2.24) is 0 Å². The minimum atomic E-state index is -0.800. The lowest BCUT2D eigenvalue weighted by Gasteiger charge is -2.18. The van der Waals surface area contributed by atoms with Gasteiger partial charge in [0.05, 0.1) is 0 Å². The van der Waals surface area contributed by atoms with Crippen LogP contribution in [0, 0.1) is 0 Å². The Kier molecular flexibility index (Phi) is 50.4. The smallest absolute Gasteiger partial charge is 0.306 e. The van der Waals surface area contributed by atoms with E-state index in [1.165, 1.54) is 103 Å². The van der Waals surface area contributed by atoms with Crippen LogP contribution in [0.4, 0.5) is 0 Å². The summed E-state index contributed by atoms with van der Waals surface area (Å²) in [6.07, 6.45) is 68.6. The van der Waals surface area contributed by atoms with E-state index in [1.54, 1.807) is 0 Å². The van der Waals surface area contributed by atoms with Crippen LogP contribution in [0.3, 0.4) is 0 Å². The highest BCUT2D eigenvalue weighted by molar-refractivity contribution is 5.71. The third-order valence-electron chi connectivity index (χ3n) is 11.4. The highest BCUT2D eigenvalue weighted by Gasteiger charge is 2.19. The number of carbonyl (C=O) groups is 3. The van der Waals surface area contributed by atoms with Crippen LogP contribution in [0.25, 0.3) is 0 Å². The lowest BCUT2D eigenvalue weighted by molar-refractivity contribution is -0.167. The SMILES string of the molecule is CC/C=C\C/C=C\C/C=C\CCCCCC(=O)OC(COC(=O)CCCCCCC/C=C\CCCCCC)COC(=O)CCCCCCCC/C=C\C/C=C\C/C=C\CCCCCCC. The summed E-state index contributed by atoms with van der Waals surface area (Å²) in [6.45, 7) is 6.45. The first-order valence-electron chi connectivity index (χ1n) is 27.1. The van der Waals surface area contributed by atoms with Crippen LogP contribution < -0.4 is 0 Å². The third-order valence-corrected chi connectivity index (χ3v) is 11.4. The van der Waals surface area contributed by atoms with E-state index in [-0.39, 0.29) is 37.5 Å². The normalized spacial score (nSPS) is 12.7. The second kappa shape index (κ2) is 53.2. The van der Waals surface area contributed by atoms with Crippen LogP contribution in [-0.2, 0) is 28.6 Å². The van der Waals surface area contributed by atoms with Crippen molar-refractivity contribution in [2.24, 2.45) is 0 Å². The Balaban J connectivity index is 4.41. The Morgan fingerprint density at radius 1 is 0.323 bits per heavy atom. The molecule has 0 saturated heterocycles. The van der Waals surface area contributed by atoms with Crippen molar-refractivity contribution in [3.05, 3.63) is 85.1 Å². The zero-order chi connectivity index (χ0) is 47.2. The molecule has 1 atom stereocenters. The topological polar surface area (TPSA) is 78.9 Å². The molecule has 0 fully saturated rings. The van der Waals surface area contributed by atoms with E-state index >= 15 is 0 Å². The van der Waals surface area contributed by atoms with Crippen LogP contribution >= 0.6 is 0 Å². The van der Waals surface area contributed by atoms with Gasteiger partial charge in [-0.05, 0) is 116 Å². The summed E-state index contributed by atoms with van der Waals surface area (Å²) in [5, 5.41) is 0. The Morgan fingerprint density at radius 2 is 0.600 bits per heavy atom.